The molecule has 8 heteroatoms. The first-order valence-electron chi connectivity index (χ1n) is 10.4. The quantitative estimate of drug-likeness (QED) is 0.476. The van der Waals surface area contributed by atoms with Gasteiger partial charge in [0.25, 0.3) is 0 Å². The number of hydrogen-bond acceptors (Lipinski definition) is 5. The minimum atomic E-state index is -3.95. The lowest BCUT2D eigenvalue weighted by atomic mass is 10.1. The third-order valence-electron chi connectivity index (χ3n) is 4.74. The Morgan fingerprint density at radius 1 is 1.13 bits per heavy atom. The van der Waals surface area contributed by atoms with Gasteiger partial charge in [-0.15, -0.1) is 0 Å². The Kier molecular flexibility index (Phi) is 9.97. The maximum absolute atomic E-state index is 13.5. The predicted molar refractivity (Wildman–Crippen MR) is 121 cm³/mol. The summed E-state index contributed by atoms with van der Waals surface area (Å²) in [6.45, 7) is 5.24. The van der Waals surface area contributed by atoms with E-state index in [4.69, 9.17) is 9.47 Å². The summed E-state index contributed by atoms with van der Waals surface area (Å²) in [5, 5.41) is 2.78. The van der Waals surface area contributed by atoms with Gasteiger partial charge in [-0.05, 0) is 49.9 Å². The Balaban J connectivity index is 2.20. The molecule has 0 saturated carbocycles. The fourth-order valence-electron chi connectivity index (χ4n) is 3.07. The number of sulfonamides is 1. The van der Waals surface area contributed by atoms with Crippen LogP contribution in [0.15, 0.2) is 53.4 Å². The normalized spacial score (nSPS) is 11.5. The molecular formula is C23H32N2O5S. The number of amides is 1. The summed E-state index contributed by atoms with van der Waals surface area (Å²) < 4.78 is 38.7. The molecule has 1 N–H and O–H groups in total. The summed E-state index contributed by atoms with van der Waals surface area (Å²) in [6, 6.07) is 14.6. The van der Waals surface area contributed by atoms with Crippen LogP contribution in [0, 0.1) is 6.92 Å². The molecular weight excluding hydrogens is 416 g/mol. The molecule has 2 rings (SSSR count). The highest BCUT2D eigenvalue weighted by atomic mass is 32.2. The van der Waals surface area contributed by atoms with E-state index >= 15 is 0 Å². The van der Waals surface area contributed by atoms with Crippen LogP contribution >= 0.6 is 0 Å². The van der Waals surface area contributed by atoms with E-state index in [2.05, 4.69) is 5.32 Å². The first kappa shape index (κ1) is 24.8. The molecule has 0 fully saturated rings. The zero-order valence-electron chi connectivity index (χ0n) is 18.5. The van der Waals surface area contributed by atoms with Crippen molar-refractivity contribution in [2.24, 2.45) is 0 Å². The highest BCUT2D eigenvalue weighted by molar-refractivity contribution is 7.89. The molecule has 0 spiro atoms. The summed E-state index contributed by atoms with van der Waals surface area (Å²) >= 11 is 0. The first-order chi connectivity index (χ1) is 14.9. The van der Waals surface area contributed by atoms with Crippen LogP contribution in [-0.2, 0) is 26.0 Å². The van der Waals surface area contributed by atoms with Crippen molar-refractivity contribution < 1.29 is 22.7 Å². The molecule has 2 aromatic rings. The number of hydrogen-bond donors (Lipinski definition) is 1. The lowest BCUT2D eigenvalue weighted by molar-refractivity contribution is -0.121. The smallest absolute Gasteiger partial charge is 0.247 e. The summed E-state index contributed by atoms with van der Waals surface area (Å²) in [5.74, 6) is -0.0906. The van der Waals surface area contributed by atoms with Crippen molar-refractivity contribution in [3.05, 3.63) is 59.7 Å². The van der Waals surface area contributed by atoms with Crippen LogP contribution in [-0.4, -0.2) is 58.6 Å². The second-order valence-electron chi connectivity index (χ2n) is 7.13. The van der Waals surface area contributed by atoms with Crippen molar-refractivity contribution in [3.8, 4) is 5.75 Å². The van der Waals surface area contributed by atoms with Crippen LogP contribution in [0.1, 0.15) is 24.5 Å². The van der Waals surface area contributed by atoms with E-state index in [1.165, 1.54) is 11.4 Å². The van der Waals surface area contributed by atoms with Gasteiger partial charge in [0.2, 0.25) is 15.9 Å². The molecule has 0 radical (unpaired) electrons. The molecule has 0 aliphatic carbocycles. The third-order valence-corrected chi connectivity index (χ3v) is 6.61. The van der Waals surface area contributed by atoms with E-state index < -0.39 is 10.0 Å². The largest absolute Gasteiger partial charge is 0.495 e. The lowest BCUT2D eigenvalue weighted by Crippen LogP contribution is -2.42. The molecule has 0 saturated heterocycles. The second kappa shape index (κ2) is 12.4. The number of carbonyl (C=O) groups is 1. The number of carbonyl (C=O) groups excluding carboxylic acids is 1. The van der Waals surface area contributed by atoms with Crippen LogP contribution < -0.4 is 10.1 Å². The molecule has 0 atom stereocenters. The van der Waals surface area contributed by atoms with Crippen LogP contribution in [0.3, 0.4) is 0 Å². The van der Waals surface area contributed by atoms with Crippen molar-refractivity contribution in [2.45, 2.75) is 31.6 Å². The van der Waals surface area contributed by atoms with Crippen molar-refractivity contribution in [3.63, 3.8) is 0 Å². The van der Waals surface area contributed by atoms with Crippen LogP contribution in [0.25, 0.3) is 0 Å². The van der Waals surface area contributed by atoms with Crippen molar-refractivity contribution in [1.82, 2.24) is 9.62 Å². The van der Waals surface area contributed by atoms with Gasteiger partial charge in [0, 0.05) is 26.3 Å². The van der Waals surface area contributed by atoms with Gasteiger partial charge in [0.15, 0.2) is 0 Å². The van der Waals surface area contributed by atoms with Crippen molar-refractivity contribution in [1.29, 1.82) is 0 Å². The topological polar surface area (TPSA) is 84.9 Å². The fourth-order valence-corrected chi connectivity index (χ4v) is 4.71. The molecule has 0 unspecified atom stereocenters. The number of nitrogens with zero attached hydrogens (tertiary/aromatic N) is 1. The zero-order chi connectivity index (χ0) is 22.7. The number of ether oxygens (including phenoxy) is 2. The van der Waals surface area contributed by atoms with Gasteiger partial charge in [-0.1, -0.05) is 36.4 Å². The van der Waals surface area contributed by atoms with E-state index in [-0.39, 0.29) is 29.6 Å². The van der Waals surface area contributed by atoms with Crippen LogP contribution in [0.2, 0.25) is 0 Å². The predicted octanol–water partition coefficient (Wildman–Crippen LogP) is 2.78. The highest BCUT2D eigenvalue weighted by Crippen LogP contribution is 2.28. The average molecular weight is 449 g/mol. The van der Waals surface area contributed by atoms with Gasteiger partial charge in [-0.3, -0.25) is 4.79 Å². The molecule has 0 aliphatic rings. The Hall–Kier alpha value is -2.42. The molecule has 0 heterocycles. The van der Waals surface area contributed by atoms with Gasteiger partial charge in [-0.25, -0.2) is 8.42 Å². The van der Waals surface area contributed by atoms with Gasteiger partial charge in [-0.2, -0.15) is 4.31 Å². The average Bonchev–Trinajstić information content (AvgIpc) is 2.77. The standard InChI is InChI=1S/C23H32N2O5S/c1-4-30-16-8-14-24-23(26)18-25(15-13-20-9-6-5-7-10-20)31(27,28)22-17-19(2)11-12-21(22)29-3/h5-7,9-12,17H,4,8,13-16,18H2,1-3H3,(H,24,26). The summed E-state index contributed by atoms with van der Waals surface area (Å²) in [5.41, 5.74) is 1.79. The lowest BCUT2D eigenvalue weighted by Gasteiger charge is -2.23. The number of aryl methyl sites for hydroxylation is 1. The van der Waals surface area contributed by atoms with Gasteiger partial charge in [0.05, 0.1) is 13.7 Å². The van der Waals surface area contributed by atoms with E-state index in [9.17, 15) is 13.2 Å². The molecule has 170 valence electrons. The van der Waals surface area contributed by atoms with E-state index in [0.717, 1.165) is 11.1 Å². The minimum Gasteiger partial charge on any atom is -0.495 e. The monoisotopic (exact) mass is 448 g/mol. The zero-order valence-corrected chi connectivity index (χ0v) is 19.3. The number of rotatable bonds is 13. The SMILES string of the molecule is CCOCCCNC(=O)CN(CCc1ccccc1)S(=O)(=O)c1cc(C)ccc1OC. The van der Waals surface area contributed by atoms with Gasteiger partial charge >= 0.3 is 0 Å². The summed E-state index contributed by atoms with van der Waals surface area (Å²) in [6.07, 6.45) is 1.16. The first-order valence-corrected chi connectivity index (χ1v) is 11.9. The number of methoxy groups -OCH3 is 1. The minimum absolute atomic E-state index is 0.0622. The van der Waals surface area contributed by atoms with Gasteiger partial charge < -0.3 is 14.8 Å². The van der Waals surface area contributed by atoms with Crippen molar-refractivity contribution in [2.75, 3.05) is 40.0 Å². The summed E-state index contributed by atoms with van der Waals surface area (Å²) in [7, 11) is -2.51. The molecule has 31 heavy (non-hydrogen) atoms. The van der Waals surface area contributed by atoms with Crippen LogP contribution in [0.5, 0.6) is 5.75 Å². The van der Waals surface area contributed by atoms with Crippen LogP contribution in [0.4, 0.5) is 0 Å². The van der Waals surface area contributed by atoms with Crippen molar-refractivity contribution >= 4 is 15.9 Å². The maximum atomic E-state index is 13.5. The van der Waals surface area contributed by atoms with E-state index in [1.54, 1.807) is 18.2 Å². The molecule has 0 aromatic heterocycles. The summed E-state index contributed by atoms with van der Waals surface area (Å²) in [4.78, 5) is 12.6. The van der Waals surface area contributed by atoms with E-state index in [0.29, 0.717) is 32.6 Å². The number of benzene rings is 2. The van der Waals surface area contributed by atoms with Gasteiger partial charge in [0.1, 0.15) is 10.6 Å². The number of nitrogens with one attached hydrogen (secondary N) is 1. The Morgan fingerprint density at radius 3 is 2.55 bits per heavy atom. The molecule has 0 bridgehead atoms. The molecule has 1 amide bonds. The third kappa shape index (κ3) is 7.65. The second-order valence-corrected chi connectivity index (χ2v) is 9.04. The van der Waals surface area contributed by atoms with E-state index in [1.807, 2.05) is 44.2 Å². The fraction of sp³-hybridized carbons (Fsp3) is 0.435. The maximum Gasteiger partial charge on any atom is 0.247 e. The Labute approximate surface area is 185 Å². The Morgan fingerprint density at radius 2 is 1.87 bits per heavy atom. The molecule has 2 aromatic carbocycles. The molecule has 7 nitrogen and oxygen atoms in total. The molecule has 0 aliphatic heterocycles. The highest BCUT2D eigenvalue weighted by Gasteiger charge is 2.29. The Bertz CT molecular complexity index is 932.